The Morgan fingerprint density at radius 3 is 2.41 bits per heavy atom. The van der Waals surface area contributed by atoms with E-state index in [0.717, 1.165) is 21.3 Å². The van der Waals surface area contributed by atoms with Gasteiger partial charge in [-0.1, -0.05) is 17.7 Å². The van der Waals surface area contributed by atoms with Gasteiger partial charge in [-0.25, -0.2) is 0 Å². The van der Waals surface area contributed by atoms with Crippen molar-refractivity contribution in [3.05, 3.63) is 91.4 Å². The summed E-state index contributed by atoms with van der Waals surface area (Å²) in [5, 5.41) is 14.7. The molecule has 0 bridgehead atoms. The maximum Gasteiger partial charge on any atom is 0.269 e. The lowest BCUT2D eigenvalue weighted by molar-refractivity contribution is -0.384. The van der Waals surface area contributed by atoms with E-state index in [1.165, 1.54) is 12.1 Å². The molecule has 0 amide bonds. The smallest absolute Gasteiger partial charge is 0.269 e. The summed E-state index contributed by atoms with van der Waals surface area (Å²) in [5.74, 6) is 1.21. The van der Waals surface area contributed by atoms with Crippen LogP contribution in [0.5, 0.6) is 11.5 Å². The molecule has 0 unspecified atom stereocenters. The van der Waals surface area contributed by atoms with Gasteiger partial charge in [-0.3, -0.25) is 10.1 Å². The molecule has 150 valence electrons. The number of ether oxygens (including phenoxy) is 2. The molecule has 0 aromatic heterocycles. The van der Waals surface area contributed by atoms with Crippen LogP contribution in [0.2, 0.25) is 5.02 Å². The maximum atomic E-state index is 10.7. The SMILES string of the molecule is COc1cc(CNc2ccc(Br)c(Cl)c2)ccc1OCc1ccc([N+](=O)[O-])cc1. The van der Waals surface area contributed by atoms with Crippen molar-refractivity contribution in [3.63, 3.8) is 0 Å². The van der Waals surface area contributed by atoms with Crippen molar-refractivity contribution in [2.24, 2.45) is 0 Å². The highest BCUT2D eigenvalue weighted by atomic mass is 79.9. The minimum Gasteiger partial charge on any atom is -0.493 e. The summed E-state index contributed by atoms with van der Waals surface area (Å²) in [5.41, 5.74) is 2.81. The van der Waals surface area contributed by atoms with Gasteiger partial charge in [0.1, 0.15) is 6.61 Å². The average molecular weight is 478 g/mol. The maximum absolute atomic E-state index is 10.7. The normalized spacial score (nSPS) is 10.4. The summed E-state index contributed by atoms with van der Waals surface area (Å²) < 4.78 is 12.1. The molecule has 0 aliphatic heterocycles. The second-order valence-corrected chi connectivity index (χ2v) is 7.44. The summed E-state index contributed by atoms with van der Waals surface area (Å²) in [7, 11) is 1.58. The van der Waals surface area contributed by atoms with Crippen LogP contribution < -0.4 is 14.8 Å². The highest BCUT2D eigenvalue weighted by Gasteiger charge is 2.08. The first-order chi connectivity index (χ1) is 14.0. The molecule has 0 fully saturated rings. The average Bonchev–Trinajstić information content (AvgIpc) is 2.73. The Kier molecular flexibility index (Phi) is 6.95. The molecule has 1 N–H and O–H groups in total. The van der Waals surface area contributed by atoms with Crippen molar-refractivity contribution in [1.82, 2.24) is 0 Å². The Labute approximate surface area is 181 Å². The lowest BCUT2D eigenvalue weighted by atomic mass is 10.2. The van der Waals surface area contributed by atoms with Crippen LogP contribution in [0.3, 0.4) is 0 Å². The van der Waals surface area contributed by atoms with E-state index in [-0.39, 0.29) is 12.3 Å². The van der Waals surface area contributed by atoms with Gasteiger partial charge in [-0.2, -0.15) is 0 Å². The fraction of sp³-hybridized carbons (Fsp3) is 0.143. The zero-order valence-electron chi connectivity index (χ0n) is 15.5. The van der Waals surface area contributed by atoms with Crippen molar-refractivity contribution < 1.29 is 14.4 Å². The van der Waals surface area contributed by atoms with E-state index in [4.69, 9.17) is 21.1 Å². The van der Waals surface area contributed by atoms with Crippen molar-refractivity contribution >= 4 is 38.9 Å². The molecule has 3 rings (SSSR count). The molecule has 8 heteroatoms. The van der Waals surface area contributed by atoms with Crippen LogP contribution in [-0.4, -0.2) is 12.0 Å². The summed E-state index contributed by atoms with van der Waals surface area (Å²) in [6.07, 6.45) is 0. The van der Waals surface area contributed by atoms with Crippen LogP contribution in [-0.2, 0) is 13.2 Å². The van der Waals surface area contributed by atoms with Gasteiger partial charge in [0.25, 0.3) is 5.69 Å². The first-order valence-electron chi connectivity index (χ1n) is 8.68. The van der Waals surface area contributed by atoms with Crippen molar-refractivity contribution in [2.75, 3.05) is 12.4 Å². The van der Waals surface area contributed by atoms with E-state index in [9.17, 15) is 10.1 Å². The first-order valence-corrected chi connectivity index (χ1v) is 9.85. The molecule has 0 spiro atoms. The molecule has 0 saturated heterocycles. The molecule has 0 atom stereocenters. The standard InChI is InChI=1S/C21H18BrClN2O4/c1-28-21-10-15(12-24-16-5-8-18(22)19(23)11-16)4-9-20(21)29-13-14-2-6-17(7-3-14)25(26)27/h2-11,24H,12-13H2,1H3. The summed E-state index contributed by atoms with van der Waals surface area (Å²) in [4.78, 5) is 10.3. The quantitative estimate of drug-likeness (QED) is 0.308. The summed E-state index contributed by atoms with van der Waals surface area (Å²) in [6, 6.07) is 17.6. The van der Waals surface area contributed by atoms with Gasteiger partial charge in [0.15, 0.2) is 11.5 Å². The number of hydrogen-bond donors (Lipinski definition) is 1. The predicted molar refractivity (Wildman–Crippen MR) is 117 cm³/mol. The number of benzene rings is 3. The Balaban J connectivity index is 1.63. The fourth-order valence-electron chi connectivity index (χ4n) is 2.63. The lowest BCUT2D eigenvalue weighted by Gasteiger charge is -2.13. The number of nitrogens with one attached hydrogen (secondary N) is 1. The van der Waals surface area contributed by atoms with Crippen LogP contribution >= 0.6 is 27.5 Å². The summed E-state index contributed by atoms with van der Waals surface area (Å²) in [6.45, 7) is 0.875. The molecular weight excluding hydrogens is 460 g/mol. The number of halogens is 2. The van der Waals surface area contributed by atoms with Crippen molar-refractivity contribution in [3.8, 4) is 11.5 Å². The zero-order chi connectivity index (χ0) is 20.8. The van der Waals surface area contributed by atoms with Gasteiger partial charge in [0, 0.05) is 28.8 Å². The topological polar surface area (TPSA) is 73.6 Å². The van der Waals surface area contributed by atoms with Gasteiger partial charge in [0.2, 0.25) is 0 Å². The number of nitro benzene ring substituents is 1. The molecule has 0 aliphatic carbocycles. The Hall–Kier alpha value is -2.77. The van der Waals surface area contributed by atoms with Crippen LogP contribution in [0.15, 0.2) is 65.1 Å². The molecule has 0 radical (unpaired) electrons. The third-order valence-electron chi connectivity index (χ3n) is 4.19. The molecule has 0 aliphatic rings. The van der Waals surface area contributed by atoms with Gasteiger partial charge in [-0.05, 0) is 69.5 Å². The predicted octanol–water partition coefficient (Wildman–Crippen LogP) is 6.21. The number of anilines is 1. The lowest BCUT2D eigenvalue weighted by Crippen LogP contribution is -2.02. The Bertz CT molecular complexity index is 1010. The number of hydrogen-bond acceptors (Lipinski definition) is 5. The monoisotopic (exact) mass is 476 g/mol. The highest BCUT2D eigenvalue weighted by Crippen LogP contribution is 2.30. The number of methoxy groups -OCH3 is 1. The van der Waals surface area contributed by atoms with E-state index in [1.807, 2.05) is 36.4 Å². The van der Waals surface area contributed by atoms with Gasteiger partial charge in [-0.15, -0.1) is 0 Å². The molecule has 29 heavy (non-hydrogen) atoms. The number of non-ortho nitro benzene ring substituents is 1. The molecule has 0 heterocycles. The van der Waals surface area contributed by atoms with E-state index in [1.54, 1.807) is 19.2 Å². The Morgan fingerprint density at radius 2 is 1.76 bits per heavy atom. The minimum atomic E-state index is -0.428. The minimum absolute atomic E-state index is 0.0512. The van der Waals surface area contributed by atoms with Gasteiger partial charge >= 0.3 is 0 Å². The highest BCUT2D eigenvalue weighted by molar-refractivity contribution is 9.10. The van der Waals surface area contributed by atoms with Gasteiger partial charge < -0.3 is 14.8 Å². The fourth-order valence-corrected chi connectivity index (χ4v) is 3.05. The van der Waals surface area contributed by atoms with Crippen LogP contribution in [0.4, 0.5) is 11.4 Å². The third kappa shape index (κ3) is 5.62. The molecule has 0 saturated carbocycles. The second-order valence-electron chi connectivity index (χ2n) is 6.18. The molecular formula is C21H18BrClN2O4. The van der Waals surface area contributed by atoms with Gasteiger partial charge in [0.05, 0.1) is 17.1 Å². The largest absolute Gasteiger partial charge is 0.493 e. The summed E-state index contributed by atoms with van der Waals surface area (Å²) >= 11 is 9.49. The number of rotatable bonds is 8. The van der Waals surface area contributed by atoms with E-state index in [0.29, 0.717) is 23.1 Å². The van der Waals surface area contributed by atoms with Crippen molar-refractivity contribution in [2.45, 2.75) is 13.2 Å². The Morgan fingerprint density at radius 1 is 1.03 bits per heavy atom. The first kappa shape index (κ1) is 21.0. The third-order valence-corrected chi connectivity index (χ3v) is 5.42. The van der Waals surface area contributed by atoms with E-state index in [2.05, 4.69) is 21.2 Å². The van der Waals surface area contributed by atoms with E-state index >= 15 is 0 Å². The second kappa shape index (κ2) is 9.62. The number of nitrogens with zero attached hydrogens (tertiary/aromatic N) is 1. The van der Waals surface area contributed by atoms with Crippen molar-refractivity contribution in [1.29, 1.82) is 0 Å². The molecule has 6 nitrogen and oxygen atoms in total. The number of nitro groups is 1. The zero-order valence-corrected chi connectivity index (χ0v) is 17.9. The van der Waals surface area contributed by atoms with Crippen LogP contribution in [0.25, 0.3) is 0 Å². The van der Waals surface area contributed by atoms with Crippen LogP contribution in [0.1, 0.15) is 11.1 Å². The van der Waals surface area contributed by atoms with E-state index < -0.39 is 4.92 Å². The van der Waals surface area contributed by atoms with Crippen LogP contribution in [0, 0.1) is 10.1 Å². The molecule has 3 aromatic carbocycles. The molecule has 3 aromatic rings.